The maximum atomic E-state index is 4.52. The Hall–Kier alpha value is -0.970. The summed E-state index contributed by atoms with van der Waals surface area (Å²) in [6, 6.07) is 2.61. The lowest BCUT2D eigenvalue weighted by Gasteiger charge is -2.14. The van der Waals surface area contributed by atoms with Crippen LogP contribution >= 0.6 is 11.8 Å². The molecule has 0 bridgehead atoms. The second kappa shape index (κ2) is 6.83. The van der Waals surface area contributed by atoms with Crippen LogP contribution in [0.1, 0.15) is 39.0 Å². The van der Waals surface area contributed by atoms with Crippen molar-refractivity contribution in [2.75, 3.05) is 23.4 Å². The first-order chi connectivity index (χ1) is 8.81. The van der Waals surface area contributed by atoms with Crippen LogP contribution < -0.4 is 10.6 Å². The van der Waals surface area contributed by atoms with Gasteiger partial charge in [0.25, 0.3) is 0 Å². The van der Waals surface area contributed by atoms with Gasteiger partial charge in [-0.05, 0) is 25.5 Å². The van der Waals surface area contributed by atoms with Gasteiger partial charge >= 0.3 is 0 Å². The summed E-state index contributed by atoms with van der Waals surface area (Å²) in [6.07, 6.45) is 8.30. The Morgan fingerprint density at radius 3 is 2.67 bits per heavy atom. The van der Waals surface area contributed by atoms with Gasteiger partial charge in [-0.25, -0.2) is 9.97 Å². The highest BCUT2D eigenvalue weighted by molar-refractivity contribution is 7.98. The van der Waals surface area contributed by atoms with E-state index < -0.39 is 0 Å². The Labute approximate surface area is 113 Å². The fourth-order valence-corrected chi connectivity index (χ4v) is 2.59. The van der Waals surface area contributed by atoms with E-state index in [4.69, 9.17) is 0 Å². The lowest BCUT2D eigenvalue weighted by atomic mass is 10.2. The van der Waals surface area contributed by atoms with Gasteiger partial charge in [-0.3, -0.25) is 0 Å². The first-order valence-electron chi connectivity index (χ1n) is 6.75. The molecule has 1 aromatic rings. The first kappa shape index (κ1) is 13.5. The summed E-state index contributed by atoms with van der Waals surface area (Å²) < 4.78 is 0. The second-order valence-corrected chi connectivity index (χ2v) is 5.45. The van der Waals surface area contributed by atoms with Crippen LogP contribution in [0.4, 0.5) is 11.6 Å². The zero-order valence-corrected chi connectivity index (χ0v) is 12.0. The maximum Gasteiger partial charge on any atom is 0.191 e. The molecule has 0 aliphatic heterocycles. The molecule has 2 N–H and O–H groups in total. The lowest BCUT2D eigenvalue weighted by molar-refractivity contribution is 0.745. The largest absolute Gasteiger partial charge is 0.370 e. The van der Waals surface area contributed by atoms with Gasteiger partial charge in [0, 0.05) is 18.7 Å². The van der Waals surface area contributed by atoms with Crippen molar-refractivity contribution in [2.24, 2.45) is 0 Å². The van der Waals surface area contributed by atoms with Crippen molar-refractivity contribution in [1.29, 1.82) is 0 Å². The standard InChI is InChI=1S/C13H22N4S/c1-3-8-14-11-9-12(17-13(16-11)18-2)15-10-6-4-5-7-10/h9-10H,3-8H2,1-2H3,(H2,14,15,16,17). The Kier molecular flexibility index (Phi) is 5.11. The quantitative estimate of drug-likeness (QED) is 0.610. The number of hydrogen-bond acceptors (Lipinski definition) is 5. The van der Waals surface area contributed by atoms with Gasteiger partial charge in [0.1, 0.15) is 11.6 Å². The number of nitrogens with zero attached hydrogens (tertiary/aromatic N) is 2. The van der Waals surface area contributed by atoms with Gasteiger partial charge in [-0.1, -0.05) is 31.5 Å². The second-order valence-electron chi connectivity index (χ2n) is 4.68. The molecule has 5 heteroatoms. The molecule has 1 fully saturated rings. The lowest BCUT2D eigenvalue weighted by Crippen LogP contribution is -2.16. The monoisotopic (exact) mass is 266 g/mol. The fourth-order valence-electron chi connectivity index (χ4n) is 2.21. The molecule has 100 valence electrons. The highest BCUT2D eigenvalue weighted by Crippen LogP contribution is 2.23. The molecule has 1 heterocycles. The highest BCUT2D eigenvalue weighted by atomic mass is 32.2. The van der Waals surface area contributed by atoms with Gasteiger partial charge in [0.05, 0.1) is 0 Å². The van der Waals surface area contributed by atoms with Crippen LogP contribution in [0.5, 0.6) is 0 Å². The van der Waals surface area contributed by atoms with Crippen molar-refractivity contribution < 1.29 is 0 Å². The van der Waals surface area contributed by atoms with Crippen molar-refractivity contribution in [1.82, 2.24) is 9.97 Å². The van der Waals surface area contributed by atoms with Crippen molar-refractivity contribution in [2.45, 2.75) is 50.2 Å². The smallest absolute Gasteiger partial charge is 0.191 e. The van der Waals surface area contributed by atoms with E-state index in [0.717, 1.165) is 29.8 Å². The molecule has 0 unspecified atom stereocenters. The number of anilines is 2. The van der Waals surface area contributed by atoms with Crippen LogP contribution in [0.15, 0.2) is 11.2 Å². The number of thioether (sulfide) groups is 1. The summed E-state index contributed by atoms with van der Waals surface area (Å²) in [7, 11) is 0. The van der Waals surface area contributed by atoms with E-state index in [1.165, 1.54) is 25.7 Å². The topological polar surface area (TPSA) is 49.8 Å². The van der Waals surface area contributed by atoms with Crippen LogP contribution in [-0.2, 0) is 0 Å². The third kappa shape index (κ3) is 3.77. The van der Waals surface area contributed by atoms with Gasteiger partial charge in [0.15, 0.2) is 5.16 Å². The number of hydrogen-bond donors (Lipinski definition) is 2. The zero-order valence-electron chi connectivity index (χ0n) is 11.2. The van der Waals surface area contributed by atoms with Crippen molar-refractivity contribution in [3.05, 3.63) is 6.07 Å². The van der Waals surface area contributed by atoms with E-state index >= 15 is 0 Å². The molecular weight excluding hydrogens is 244 g/mol. The summed E-state index contributed by atoms with van der Waals surface area (Å²) in [4.78, 5) is 8.99. The predicted octanol–water partition coefficient (Wildman–Crippen LogP) is 3.37. The third-order valence-electron chi connectivity index (χ3n) is 3.15. The van der Waals surface area contributed by atoms with Gasteiger partial charge in [0.2, 0.25) is 0 Å². The molecule has 1 aromatic heterocycles. The van der Waals surface area contributed by atoms with E-state index in [1.54, 1.807) is 11.8 Å². The van der Waals surface area contributed by atoms with Crippen LogP contribution in [0.2, 0.25) is 0 Å². The summed E-state index contributed by atoms with van der Waals surface area (Å²) >= 11 is 1.59. The van der Waals surface area contributed by atoms with Crippen molar-refractivity contribution >= 4 is 23.4 Å². The van der Waals surface area contributed by atoms with Crippen LogP contribution in [0, 0.1) is 0 Å². The Balaban J connectivity index is 2.06. The Morgan fingerprint density at radius 2 is 2.00 bits per heavy atom. The van der Waals surface area contributed by atoms with E-state index in [9.17, 15) is 0 Å². The summed E-state index contributed by atoms with van der Waals surface area (Å²) in [5, 5.41) is 7.69. The molecule has 2 rings (SSSR count). The summed E-state index contributed by atoms with van der Waals surface area (Å²) in [5.41, 5.74) is 0. The predicted molar refractivity (Wildman–Crippen MR) is 78.5 cm³/mol. The van der Waals surface area contributed by atoms with E-state index in [1.807, 2.05) is 12.3 Å². The number of aromatic nitrogens is 2. The molecule has 0 radical (unpaired) electrons. The van der Waals surface area contributed by atoms with Crippen molar-refractivity contribution in [3.8, 4) is 0 Å². The Bertz CT molecular complexity index is 377. The molecule has 0 atom stereocenters. The van der Waals surface area contributed by atoms with E-state index in [0.29, 0.717) is 6.04 Å². The molecule has 18 heavy (non-hydrogen) atoms. The minimum Gasteiger partial charge on any atom is -0.370 e. The molecule has 1 aliphatic carbocycles. The Morgan fingerprint density at radius 1 is 1.28 bits per heavy atom. The number of nitrogens with one attached hydrogen (secondary N) is 2. The zero-order chi connectivity index (χ0) is 12.8. The van der Waals surface area contributed by atoms with Crippen LogP contribution in [-0.4, -0.2) is 28.8 Å². The molecule has 1 saturated carbocycles. The molecule has 1 aliphatic rings. The van der Waals surface area contributed by atoms with Gasteiger partial charge in [-0.2, -0.15) is 0 Å². The molecule has 4 nitrogen and oxygen atoms in total. The molecule has 0 spiro atoms. The number of rotatable bonds is 6. The van der Waals surface area contributed by atoms with E-state index in [-0.39, 0.29) is 0 Å². The fraction of sp³-hybridized carbons (Fsp3) is 0.692. The van der Waals surface area contributed by atoms with Crippen LogP contribution in [0.3, 0.4) is 0 Å². The van der Waals surface area contributed by atoms with Crippen molar-refractivity contribution in [3.63, 3.8) is 0 Å². The highest BCUT2D eigenvalue weighted by Gasteiger charge is 2.15. The maximum absolute atomic E-state index is 4.52. The normalized spacial score (nSPS) is 15.9. The summed E-state index contributed by atoms with van der Waals surface area (Å²) in [5.74, 6) is 1.89. The minimum absolute atomic E-state index is 0.591. The molecule has 0 saturated heterocycles. The minimum atomic E-state index is 0.591. The average molecular weight is 266 g/mol. The summed E-state index contributed by atoms with van der Waals surface area (Å²) in [6.45, 7) is 3.11. The molecular formula is C13H22N4S. The third-order valence-corrected chi connectivity index (χ3v) is 3.70. The SMILES string of the molecule is CCCNc1cc(NC2CCCC2)nc(SC)n1. The molecule has 0 aromatic carbocycles. The van der Waals surface area contributed by atoms with Crippen LogP contribution in [0.25, 0.3) is 0 Å². The molecule has 0 amide bonds. The van der Waals surface area contributed by atoms with Gasteiger partial charge < -0.3 is 10.6 Å². The first-order valence-corrected chi connectivity index (χ1v) is 7.97. The van der Waals surface area contributed by atoms with E-state index in [2.05, 4.69) is 27.5 Å². The van der Waals surface area contributed by atoms with Gasteiger partial charge in [-0.15, -0.1) is 0 Å². The average Bonchev–Trinajstić information content (AvgIpc) is 2.89.